The fraction of sp³-hybridized carbons (Fsp3) is 0.600. The van der Waals surface area contributed by atoms with Crippen LogP contribution in [-0.4, -0.2) is 72.9 Å². The van der Waals surface area contributed by atoms with Crippen LogP contribution in [0.4, 0.5) is 0 Å². The average molecular weight is 345 g/mol. The van der Waals surface area contributed by atoms with Crippen LogP contribution in [0.3, 0.4) is 0 Å². The Morgan fingerprint density at radius 1 is 1.28 bits per heavy atom. The van der Waals surface area contributed by atoms with Crippen LogP contribution in [0.2, 0.25) is 0 Å². The van der Waals surface area contributed by atoms with E-state index in [2.05, 4.69) is 28.9 Å². The fourth-order valence-corrected chi connectivity index (χ4v) is 3.62. The maximum atomic E-state index is 10.3. The lowest BCUT2D eigenvalue weighted by Gasteiger charge is -2.33. The third kappa shape index (κ3) is 5.21. The number of hydrogen-bond donors (Lipinski definition) is 2. The lowest BCUT2D eigenvalue weighted by molar-refractivity contribution is 0.0543. The molecule has 0 spiro atoms. The van der Waals surface area contributed by atoms with Crippen molar-refractivity contribution in [2.75, 3.05) is 46.9 Å². The van der Waals surface area contributed by atoms with Gasteiger partial charge in [-0.1, -0.05) is 6.07 Å². The highest BCUT2D eigenvalue weighted by Gasteiger charge is 2.21. The number of nitrogens with zero attached hydrogens (tertiary/aromatic N) is 2. The lowest BCUT2D eigenvalue weighted by Crippen LogP contribution is -2.41. The van der Waals surface area contributed by atoms with E-state index in [9.17, 15) is 5.11 Å². The molecule has 1 saturated heterocycles. The van der Waals surface area contributed by atoms with Crippen LogP contribution >= 0.6 is 0 Å². The first kappa shape index (κ1) is 18.2. The highest BCUT2D eigenvalue weighted by molar-refractivity contribution is 5.85. The number of aliphatic hydroxyl groups is 1. The zero-order chi connectivity index (χ0) is 17.6. The van der Waals surface area contributed by atoms with Crippen LogP contribution < -0.4 is 4.74 Å². The summed E-state index contributed by atoms with van der Waals surface area (Å²) in [7, 11) is 4.28. The molecule has 5 heteroatoms. The van der Waals surface area contributed by atoms with Gasteiger partial charge in [0.15, 0.2) is 0 Å². The minimum absolute atomic E-state index is 0.338. The van der Waals surface area contributed by atoms with Gasteiger partial charge in [-0.05, 0) is 77.1 Å². The van der Waals surface area contributed by atoms with Crippen LogP contribution in [0.25, 0.3) is 10.9 Å². The maximum Gasteiger partial charge on any atom is 0.128 e. The summed E-state index contributed by atoms with van der Waals surface area (Å²) in [6.45, 7) is 4.38. The zero-order valence-corrected chi connectivity index (χ0v) is 15.4. The van der Waals surface area contributed by atoms with Gasteiger partial charge in [-0.25, -0.2) is 0 Å². The Balaban J connectivity index is 1.40. The van der Waals surface area contributed by atoms with Gasteiger partial charge >= 0.3 is 0 Å². The third-order valence-corrected chi connectivity index (χ3v) is 5.15. The number of piperidine rings is 1. The van der Waals surface area contributed by atoms with Crippen molar-refractivity contribution in [3.8, 4) is 5.75 Å². The van der Waals surface area contributed by atoms with Crippen molar-refractivity contribution in [3.63, 3.8) is 0 Å². The first-order valence-corrected chi connectivity index (χ1v) is 9.36. The standard InChI is InChI=1S/C20H31N3O2/c1-22(2)11-7-16-8-12-23(13-9-16)14-17(24)15-25-20-5-3-4-19-18(20)6-10-21-19/h3-6,10,16-17,21,24H,7-9,11-15H2,1-2H3. The molecule has 1 aliphatic heterocycles. The molecule has 1 unspecified atom stereocenters. The van der Waals surface area contributed by atoms with Crippen molar-refractivity contribution in [2.24, 2.45) is 5.92 Å². The molecule has 1 atom stereocenters. The van der Waals surface area contributed by atoms with Gasteiger partial charge in [0.25, 0.3) is 0 Å². The smallest absolute Gasteiger partial charge is 0.128 e. The molecule has 0 radical (unpaired) electrons. The van der Waals surface area contributed by atoms with E-state index in [0.29, 0.717) is 13.2 Å². The molecular weight excluding hydrogens is 314 g/mol. The van der Waals surface area contributed by atoms with Gasteiger partial charge < -0.3 is 24.6 Å². The normalized spacial score (nSPS) is 18.1. The Hall–Kier alpha value is -1.56. The number of aliphatic hydroxyl groups excluding tert-OH is 1. The number of rotatable bonds is 8. The number of aromatic nitrogens is 1. The number of β-amino-alcohol motifs (C(OH)–C–C–N with tert-alkyl or cyclic N) is 1. The lowest BCUT2D eigenvalue weighted by atomic mass is 9.93. The van der Waals surface area contributed by atoms with Gasteiger partial charge in [0.2, 0.25) is 0 Å². The second kappa shape index (κ2) is 8.70. The Morgan fingerprint density at radius 2 is 2.08 bits per heavy atom. The first-order chi connectivity index (χ1) is 12.1. The van der Waals surface area contributed by atoms with Gasteiger partial charge in [-0.3, -0.25) is 0 Å². The van der Waals surface area contributed by atoms with E-state index in [1.54, 1.807) is 0 Å². The van der Waals surface area contributed by atoms with Gasteiger partial charge in [0, 0.05) is 23.6 Å². The van der Waals surface area contributed by atoms with Crippen molar-refractivity contribution < 1.29 is 9.84 Å². The van der Waals surface area contributed by atoms with Crippen molar-refractivity contribution in [1.82, 2.24) is 14.8 Å². The Labute approximate surface area is 150 Å². The van der Waals surface area contributed by atoms with Gasteiger partial charge in [0.1, 0.15) is 18.5 Å². The summed E-state index contributed by atoms with van der Waals surface area (Å²) in [5.41, 5.74) is 1.06. The Morgan fingerprint density at radius 3 is 2.84 bits per heavy atom. The van der Waals surface area contributed by atoms with Crippen molar-refractivity contribution in [3.05, 3.63) is 30.5 Å². The van der Waals surface area contributed by atoms with Crippen LogP contribution in [0.1, 0.15) is 19.3 Å². The van der Waals surface area contributed by atoms with Crippen molar-refractivity contribution in [1.29, 1.82) is 0 Å². The molecule has 0 bridgehead atoms. The molecule has 1 aliphatic rings. The van der Waals surface area contributed by atoms with Crippen LogP contribution in [0.5, 0.6) is 5.75 Å². The molecule has 25 heavy (non-hydrogen) atoms. The third-order valence-electron chi connectivity index (χ3n) is 5.15. The molecule has 2 N–H and O–H groups in total. The Bertz CT molecular complexity index is 647. The minimum atomic E-state index is -0.451. The minimum Gasteiger partial charge on any atom is -0.490 e. The summed E-state index contributed by atoms with van der Waals surface area (Å²) in [5.74, 6) is 1.67. The van der Waals surface area contributed by atoms with E-state index < -0.39 is 6.10 Å². The number of H-pyrrole nitrogens is 1. The Kier molecular flexibility index (Phi) is 6.34. The summed E-state index contributed by atoms with van der Waals surface area (Å²) in [6.07, 6.45) is 5.22. The first-order valence-electron chi connectivity index (χ1n) is 9.36. The van der Waals surface area contributed by atoms with E-state index in [1.165, 1.54) is 25.8 Å². The van der Waals surface area contributed by atoms with E-state index in [0.717, 1.165) is 35.7 Å². The summed E-state index contributed by atoms with van der Waals surface area (Å²) in [5, 5.41) is 11.4. The van der Waals surface area contributed by atoms with Crippen LogP contribution in [-0.2, 0) is 0 Å². The number of aromatic amines is 1. The van der Waals surface area contributed by atoms with Gasteiger partial charge in [-0.15, -0.1) is 0 Å². The molecule has 1 fully saturated rings. The number of nitrogens with one attached hydrogen (secondary N) is 1. The highest BCUT2D eigenvalue weighted by Crippen LogP contribution is 2.25. The van der Waals surface area contributed by atoms with E-state index in [-0.39, 0.29) is 0 Å². The van der Waals surface area contributed by atoms with E-state index >= 15 is 0 Å². The largest absolute Gasteiger partial charge is 0.490 e. The second-order valence-corrected chi connectivity index (χ2v) is 7.50. The molecule has 3 rings (SSSR count). The molecule has 0 saturated carbocycles. The zero-order valence-electron chi connectivity index (χ0n) is 15.4. The fourth-order valence-electron chi connectivity index (χ4n) is 3.62. The predicted molar refractivity (Wildman–Crippen MR) is 102 cm³/mol. The molecule has 138 valence electrons. The second-order valence-electron chi connectivity index (χ2n) is 7.50. The van der Waals surface area contributed by atoms with E-state index in [1.807, 2.05) is 30.5 Å². The maximum absolute atomic E-state index is 10.3. The number of likely N-dealkylation sites (tertiary alicyclic amines) is 1. The van der Waals surface area contributed by atoms with Crippen molar-refractivity contribution >= 4 is 10.9 Å². The van der Waals surface area contributed by atoms with Gasteiger partial charge in [-0.2, -0.15) is 0 Å². The molecule has 1 aromatic carbocycles. The van der Waals surface area contributed by atoms with E-state index in [4.69, 9.17) is 4.74 Å². The molecule has 5 nitrogen and oxygen atoms in total. The predicted octanol–water partition coefficient (Wildman–Crippen LogP) is 2.57. The molecule has 1 aromatic heterocycles. The highest BCUT2D eigenvalue weighted by atomic mass is 16.5. The number of fused-ring (bicyclic) bond motifs is 1. The quantitative estimate of drug-likeness (QED) is 0.772. The number of hydrogen-bond acceptors (Lipinski definition) is 4. The SMILES string of the molecule is CN(C)CCC1CCN(CC(O)COc2cccc3[nH]ccc23)CC1. The summed E-state index contributed by atoms with van der Waals surface area (Å²) in [4.78, 5) is 7.82. The summed E-state index contributed by atoms with van der Waals surface area (Å²) in [6, 6.07) is 7.97. The molecule has 2 heterocycles. The number of benzene rings is 1. The summed E-state index contributed by atoms with van der Waals surface area (Å²) >= 11 is 0. The molecular formula is C20H31N3O2. The van der Waals surface area contributed by atoms with Crippen LogP contribution in [0, 0.1) is 5.92 Å². The number of ether oxygens (including phenoxy) is 1. The molecule has 0 amide bonds. The molecule has 0 aliphatic carbocycles. The van der Waals surface area contributed by atoms with Crippen molar-refractivity contribution in [2.45, 2.75) is 25.4 Å². The average Bonchev–Trinajstić information content (AvgIpc) is 3.08. The molecule has 2 aromatic rings. The van der Waals surface area contributed by atoms with Gasteiger partial charge in [0.05, 0.1) is 0 Å². The topological polar surface area (TPSA) is 51.7 Å². The monoisotopic (exact) mass is 345 g/mol. The van der Waals surface area contributed by atoms with Crippen LogP contribution in [0.15, 0.2) is 30.5 Å². The summed E-state index contributed by atoms with van der Waals surface area (Å²) < 4.78 is 5.86.